The van der Waals surface area contributed by atoms with Crippen LogP contribution in [0.2, 0.25) is 5.02 Å². The third kappa shape index (κ3) is 5.66. The van der Waals surface area contributed by atoms with Crippen molar-refractivity contribution in [3.8, 4) is 5.69 Å². The van der Waals surface area contributed by atoms with Gasteiger partial charge in [0.05, 0.1) is 38.1 Å². The van der Waals surface area contributed by atoms with Gasteiger partial charge in [-0.15, -0.1) is 0 Å². The number of halogens is 1. The van der Waals surface area contributed by atoms with Crippen LogP contribution in [0.1, 0.15) is 53.6 Å². The van der Waals surface area contributed by atoms with Gasteiger partial charge in [-0.3, -0.25) is 24.3 Å². The minimum atomic E-state index is -0.646. The Morgan fingerprint density at radius 2 is 1.64 bits per heavy atom. The van der Waals surface area contributed by atoms with Crippen molar-refractivity contribution in [1.82, 2.24) is 14.5 Å². The van der Waals surface area contributed by atoms with Crippen LogP contribution in [0.15, 0.2) is 102 Å². The average molecular weight is 581 g/mol. The number of carbonyl (C=O) groups excluding carboxylic acids is 1. The predicted octanol–water partition coefficient (Wildman–Crippen LogP) is 7.30. The van der Waals surface area contributed by atoms with Crippen molar-refractivity contribution < 1.29 is 9.72 Å². The highest BCUT2D eigenvalue weighted by atomic mass is 35.5. The molecule has 0 aliphatic rings. The molecule has 0 aliphatic carbocycles. The normalized spacial score (nSPS) is 11.8. The number of para-hydroxylation sites is 1. The van der Waals surface area contributed by atoms with Crippen LogP contribution in [0, 0.1) is 10.1 Å². The second kappa shape index (κ2) is 12.4. The quantitative estimate of drug-likeness (QED) is 0.134. The molecular weight excluding hydrogens is 552 g/mol. The molecule has 1 heterocycles. The van der Waals surface area contributed by atoms with E-state index in [0.29, 0.717) is 28.8 Å². The van der Waals surface area contributed by atoms with Crippen LogP contribution in [0.25, 0.3) is 16.6 Å². The van der Waals surface area contributed by atoms with E-state index in [1.54, 1.807) is 27.7 Å². The van der Waals surface area contributed by atoms with Crippen LogP contribution in [-0.2, 0) is 13.0 Å². The molecule has 0 spiro atoms. The maximum Gasteiger partial charge on any atom is 0.270 e. The zero-order chi connectivity index (χ0) is 29.8. The summed E-state index contributed by atoms with van der Waals surface area (Å²) in [4.78, 5) is 45.7. The lowest BCUT2D eigenvalue weighted by molar-refractivity contribution is -0.384. The number of nitrogens with zero attached hydrogens (tertiary/aromatic N) is 4. The largest absolute Gasteiger partial charge is 0.324 e. The predicted molar refractivity (Wildman–Crippen MR) is 164 cm³/mol. The fourth-order valence-corrected chi connectivity index (χ4v) is 5.35. The number of benzene rings is 4. The number of nitro benzene ring substituents is 1. The minimum Gasteiger partial charge on any atom is -0.324 e. The third-order valence-corrected chi connectivity index (χ3v) is 7.63. The van der Waals surface area contributed by atoms with Crippen molar-refractivity contribution >= 4 is 34.1 Å². The number of aryl methyl sites for hydroxylation is 1. The Morgan fingerprint density at radius 1 is 0.952 bits per heavy atom. The minimum absolute atomic E-state index is 0.0267. The van der Waals surface area contributed by atoms with E-state index in [0.717, 1.165) is 17.5 Å². The summed E-state index contributed by atoms with van der Waals surface area (Å²) in [6.07, 6.45) is 1.28. The topological polar surface area (TPSA) is 98.3 Å². The Labute approximate surface area is 248 Å². The van der Waals surface area contributed by atoms with Crippen molar-refractivity contribution in [3.05, 3.63) is 145 Å². The van der Waals surface area contributed by atoms with Gasteiger partial charge in [-0.1, -0.05) is 80.0 Å². The van der Waals surface area contributed by atoms with Crippen molar-refractivity contribution in [1.29, 1.82) is 0 Å². The molecular formula is C33H29ClN4O4. The fraction of sp³-hybridized carbons (Fsp3) is 0.182. The first kappa shape index (κ1) is 28.7. The Morgan fingerprint density at radius 3 is 2.29 bits per heavy atom. The molecule has 8 nitrogen and oxygen atoms in total. The highest BCUT2D eigenvalue weighted by Gasteiger charge is 2.31. The van der Waals surface area contributed by atoms with Gasteiger partial charge in [0.1, 0.15) is 5.82 Å². The maximum absolute atomic E-state index is 14.3. The van der Waals surface area contributed by atoms with Crippen LogP contribution in [0.5, 0.6) is 0 Å². The summed E-state index contributed by atoms with van der Waals surface area (Å²) < 4.78 is 1.58. The maximum atomic E-state index is 14.3. The first-order valence-electron chi connectivity index (χ1n) is 13.7. The SMILES string of the molecule is CCc1ccc(-n2c(C(CC)N(Cc3ccccc3)C(=O)c3ccc([N+](=O)[O-])cc3Cl)nc3ccccc3c2=O)cc1. The summed E-state index contributed by atoms with van der Waals surface area (Å²) in [5, 5.41) is 11.8. The molecule has 4 aromatic carbocycles. The molecule has 5 aromatic rings. The summed E-state index contributed by atoms with van der Waals surface area (Å²) in [6.45, 7) is 4.19. The van der Waals surface area contributed by atoms with E-state index in [1.807, 2.05) is 67.6 Å². The van der Waals surface area contributed by atoms with Crippen LogP contribution in [-0.4, -0.2) is 25.3 Å². The molecule has 0 saturated heterocycles. The Kier molecular flexibility index (Phi) is 8.45. The standard InChI is InChI=1S/C33H29ClN4O4/c1-3-22-14-16-24(17-15-22)37-31(35-29-13-9-8-12-27(29)33(37)40)30(4-2)36(21-23-10-6-5-7-11-23)32(39)26-19-18-25(38(41)42)20-28(26)34/h5-20,30H,3-4,21H2,1-2H3. The zero-order valence-corrected chi connectivity index (χ0v) is 24.0. The summed E-state index contributed by atoms with van der Waals surface area (Å²) in [5.41, 5.74) is 2.84. The Bertz CT molecular complexity index is 1820. The molecule has 1 unspecified atom stereocenters. The first-order chi connectivity index (χ1) is 20.3. The fourth-order valence-electron chi connectivity index (χ4n) is 5.10. The number of nitro groups is 1. The van der Waals surface area contributed by atoms with Gasteiger partial charge in [0, 0.05) is 18.7 Å². The van der Waals surface area contributed by atoms with E-state index < -0.39 is 16.9 Å². The molecule has 0 fully saturated rings. The molecule has 0 saturated carbocycles. The Balaban J connectivity index is 1.72. The van der Waals surface area contributed by atoms with Crippen molar-refractivity contribution in [2.45, 2.75) is 39.3 Å². The number of rotatable bonds is 9. The molecule has 0 aliphatic heterocycles. The summed E-state index contributed by atoms with van der Waals surface area (Å²) >= 11 is 6.45. The van der Waals surface area contributed by atoms with E-state index in [-0.39, 0.29) is 28.4 Å². The first-order valence-corrected chi connectivity index (χ1v) is 14.1. The van der Waals surface area contributed by atoms with E-state index in [9.17, 15) is 19.7 Å². The molecule has 42 heavy (non-hydrogen) atoms. The van der Waals surface area contributed by atoms with Gasteiger partial charge >= 0.3 is 0 Å². The summed E-state index contributed by atoms with van der Waals surface area (Å²) in [6, 6.07) is 27.5. The van der Waals surface area contributed by atoms with Crippen molar-refractivity contribution in [2.75, 3.05) is 0 Å². The zero-order valence-electron chi connectivity index (χ0n) is 23.2. The molecule has 0 N–H and O–H groups in total. The highest BCUT2D eigenvalue weighted by molar-refractivity contribution is 6.34. The van der Waals surface area contributed by atoms with Gasteiger partial charge in [0.2, 0.25) is 0 Å². The van der Waals surface area contributed by atoms with Gasteiger partial charge in [-0.25, -0.2) is 4.98 Å². The van der Waals surface area contributed by atoms with Gasteiger partial charge in [0.15, 0.2) is 0 Å². The molecule has 9 heteroatoms. The lowest BCUT2D eigenvalue weighted by Crippen LogP contribution is -2.38. The van der Waals surface area contributed by atoms with Crippen LogP contribution < -0.4 is 5.56 Å². The molecule has 1 amide bonds. The number of hydrogen-bond acceptors (Lipinski definition) is 5. The molecule has 1 aromatic heterocycles. The molecule has 0 radical (unpaired) electrons. The highest BCUT2D eigenvalue weighted by Crippen LogP contribution is 2.32. The number of fused-ring (bicyclic) bond motifs is 1. The number of hydrogen-bond donors (Lipinski definition) is 0. The van der Waals surface area contributed by atoms with Gasteiger partial charge in [-0.05, 0) is 54.3 Å². The van der Waals surface area contributed by atoms with E-state index in [2.05, 4.69) is 6.92 Å². The van der Waals surface area contributed by atoms with E-state index in [4.69, 9.17) is 16.6 Å². The lowest BCUT2D eigenvalue weighted by atomic mass is 10.1. The smallest absolute Gasteiger partial charge is 0.270 e. The number of carbonyl (C=O) groups is 1. The van der Waals surface area contributed by atoms with Crippen molar-refractivity contribution in [3.63, 3.8) is 0 Å². The van der Waals surface area contributed by atoms with E-state index in [1.165, 1.54) is 18.2 Å². The van der Waals surface area contributed by atoms with Crippen LogP contribution in [0.3, 0.4) is 0 Å². The second-order valence-corrected chi connectivity index (χ2v) is 10.3. The monoisotopic (exact) mass is 580 g/mol. The Hall–Kier alpha value is -4.82. The van der Waals surface area contributed by atoms with Gasteiger partial charge < -0.3 is 4.90 Å². The van der Waals surface area contributed by atoms with E-state index >= 15 is 0 Å². The average Bonchev–Trinajstić information content (AvgIpc) is 3.01. The van der Waals surface area contributed by atoms with Crippen molar-refractivity contribution in [2.24, 2.45) is 0 Å². The molecule has 1 atom stereocenters. The van der Waals surface area contributed by atoms with Crippen LogP contribution in [0.4, 0.5) is 5.69 Å². The molecule has 212 valence electrons. The molecule has 5 rings (SSSR count). The molecule has 0 bridgehead atoms. The van der Waals surface area contributed by atoms with Gasteiger partial charge in [0.25, 0.3) is 17.2 Å². The second-order valence-electron chi connectivity index (χ2n) is 9.91. The van der Waals surface area contributed by atoms with Gasteiger partial charge in [-0.2, -0.15) is 0 Å². The summed E-state index contributed by atoms with van der Waals surface area (Å²) in [7, 11) is 0. The number of amides is 1. The number of aromatic nitrogens is 2. The lowest BCUT2D eigenvalue weighted by Gasteiger charge is -2.33. The third-order valence-electron chi connectivity index (χ3n) is 7.32. The summed E-state index contributed by atoms with van der Waals surface area (Å²) in [5.74, 6) is -0.0198. The van der Waals surface area contributed by atoms with Crippen LogP contribution >= 0.6 is 11.6 Å². The number of non-ortho nitro benzene ring substituents is 1.